The molecule has 1 saturated carbocycles. The molecule has 3 unspecified atom stereocenters. The molecule has 2 aliphatic heterocycles. The van der Waals surface area contributed by atoms with Crippen LogP contribution in [0.3, 0.4) is 0 Å². The highest BCUT2D eigenvalue weighted by Crippen LogP contribution is 2.52. The largest absolute Gasteiger partial charge is 0.436 e. The Balaban J connectivity index is 1.44. The normalized spacial score (nSPS) is 29.6. The van der Waals surface area contributed by atoms with Gasteiger partial charge in [0.05, 0.1) is 12.3 Å². The van der Waals surface area contributed by atoms with Crippen LogP contribution in [0.1, 0.15) is 49.5 Å². The summed E-state index contributed by atoms with van der Waals surface area (Å²) in [7, 11) is 1.86. The van der Waals surface area contributed by atoms with Gasteiger partial charge in [0.1, 0.15) is 5.71 Å². The van der Waals surface area contributed by atoms with Crippen molar-refractivity contribution >= 4 is 38.6 Å². The molecule has 8 heteroatoms. The van der Waals surface area contributed by atoms with Gasteiger partial charge in [0.15, 0.2) is 5.76 Å². The van der Waals surface area contributed by atoms with Crippen molar-refractivity contribution in [3.05, 3.63) is 46.0 Å². The van der Waals surface area contributed by atoms with Crippen LogP contribution in [0, 0.1) is 23.7 Å². The molecule has 1 saturated heterocycles. The van der Waals surface area contributed by atoms with Crippen molar-refractivity contribution in [2.75, 3.05) is 6.61 Å². The van der Waals surface area contributed by atoms with Gasteiger partial charge in [-0.15, -0.1) is 0 Å². The van der Waals surface area contributed by atoms with Gasteiger partial charge >= 0.3 is 0 Å². The Morgan fingerprint density at radius 3 is 2.91 bits per heavy atom. The molecular formula is C25H27BrN4O3. The number of fused-ring (bicyclic) bond motifs is 4. The molecule has 1 amide bonds. The molecule has 7 nitrogen and oxygen atoms in total. The first-order valence-corrected chi connectivity index (χ1v) is 12.6. The zero-order valence-electron chi connectivity index (χ0n) is 18.8. The van der Waals surface area contributed by atoms with Gasteiger partial charge in [-0.05, 0) is 71.9 Å². The number of aromatic nitrogens is 3. The molecular weight excluding hydrogens is 484 g/mol. The van der Waals surface area contributed by atoms with E-state index in [0.717, 1.165) is 59.7 Å². The van der Waals surface area contributed by atoms with Crippen LogP contribution < -0.4 is 0 Å². The monoisotopic (exact) mass is 510 g/mol. The summed E-state index contributed by atoms with van der Waals surface area (Å²) in [5.41, 5.74) is 3.04. The van der Waals surface area contributed by atoms with Gasteiger partial charge in [-0.3, -0.25) is 9.48 Å². The SMILES string of the molecule is CC[C@H]1C[C@@H](C2CC3C(=O)N=C(c4cnn(C)c4)c4oc5ncc(Br)cc5c4CC32)CCO1. The highest BCUT2D eigenvalue weighted by atomic mass is 79.9. The van der Waals surface area contributed by atoms with Gasteiger partial charge in [0, 0.05) is 53.0 Å². The van der Waals surface area contributed by atoms with Gasteiger partial charge in [0.25, 0.3) is 0 Å². The van der Waals surface area contributed by atoms with Crippen LogP contribution in [-0.2, 0) is 23.0 Å². The molecule has 172 valence electrons. The average Bonchev–Trinajstić information content (AvgIpc) is 3.37. The number of halogens is 1. The first-order chi connectivity index (χ1) is 16.0. The number of aliphatic imine (C=N–C) groups is 1. The molecule has 0 aromatic carbocycles. The fraction of sp³-hybridized carbons (Fsp3) is 0.520. The van der Waals surface area contributed by atoms with Crippen LogP contribution in [-0.4, -0.2) is 39.1 Å². The van der Waals surface area contributed by atoms with E-state index in [1.807, 2.05) is 13.2 Å². The second-order valence-corrected chi connectivity index (χ2v) is 10.6. The number of furan rings is 1. The fourth-order valence-corrected chi connectivity index (χ4v) is 6.40. The smallest absolute Gasteiger partial charge is 0.249 e. The number of carbonyl (C=O) groups excluding carboxylic acids is 1. The summed E-state index contributed by atoms with van der Waals surface area (Å²) in [5, 5.41) is 5.29. The Kier molecular flexibility index (Phi) is 5.25. The zero-order chi connectivity index (χ0) is 22.7. The van der Waals surface area contributed by atoms with E-state index in [0.29, 0.717) is 35.1 Å². The van der Waals surface area contributed by atoms with Crippen LogP contribution in [0.15, 0.2) is 38.5 Å². The number of hydrogen-bond acceptors (Lipinski definition) is 5. The number of amides is 1. The van der Waals surface area contributed by atoms with E-state index in [-0.39, 0.29) is 17.7 Å². The molecule has 2 fully saturated rings. The van der Waals surface area contributed by atoms with Crippen molar-refractivity contribution in [1.29, 1.82) is 0 Å². The van der Waals surface area contributed by atoms with Crippen molar-refractivity contribution in [2.24, 2.45) is 35.7 Å². The number of ether oxygens (including phenoxy) is 1. The average molecular weight is 511 g/mol. The number of aryl methyl sites for hydroxylation is 1. The summed E-state index contributed by atoms with van der Waals surface area (Å²) < 4.78 is 14.8. The van der Waals surface area contributed by atoms with E-state index >= 15 is 0 Å². The third kappa shape index (κ3) is 3.58. The third-order valence-electron chi connectivity index (χ3n) is 7.85. The van der Waals surface area contributed by atoms with Crippen LogP contribution in [0.4, 0.5) is 0 Å². The quantitative estimate of drug-likeness (QED) is 0.509. The van der Waals surface area contributed by atoms with Crippen LogP contribution in [0.2, 0.25) is 0 Å². The Morgan fingerprint density at radius 1 is 1.24 bits per heavy atom. The molecule has 33 heavy (non-hydrogen) atoms. The van der Waals surface area contributed by atoms with Gasteiger partial charge < -0.3 is 9.15 Å². The fourth-order valence-electron chi connectivity index (χ4n) is 6.07. The predicted octanol–water partition coefficient (Wildman–Crippen LogP) is 4.70. The van der Waals surface area contributed by atoms with Crippen LogP contribution >= 0.6 is 15.9 Å². The molecule has 0 bridgehead atoms. The zero-order valence-corrected chi connectivity index (χ0v) is 20.4. The maximum Gasteiger partial charge on any atom is 0.249 e. The summed E-state index contributed by atoms with van der Waals surface area (Å²) in [5.74, 6) is 1.97. The lowest BCUT2D eigenvalue weighted by molar-refractivity contribution is -0.134. The summed E-state index contributed by atoms with van der Waals surface area (Å²) in [6.07, 6.45) is 10.6. The lowest BCUT2D eigenvalue weighted by Crippen LogP contribution is -2.48. The maximum absolute atomic E-state index is 13.3. The maximum atomic E-state index is 13.3. The van der Waals surface area contributed by atoms with Gasteiger partial charge in [0.2, 0.25) is 11.6 Å². The number of rotatable bonds is 3. The predicted molar refractivity (Wildman–Crippen MR) is 127 cm³/mol. The second kappa shape index (κ2) is 8.17. The highest BCUT2D eigenvalue weighted by Gasteiger charge is 2.50. The van der Waals surface area contributed by atoms with Crippen LogP contribution in [0.5, 0.6) is 0 Å². The van der Waals surface area contributed by atoms with E-state index in [2.05, 4.69) is 44.0 Å². The number of pyridine rings is 1. The van der Waals surface area contributed by atoms with Crippen molar-refractivity contribution in [1.82, 2.24) is 14.8 Å². The molecule has 0 radical (unpaired) electrons. The standard InChI is InChI=1S/C25H27BrN4O3/c1-3-16-6-13(4-5-32-16)17-8-20-18(17)9-19-21-7-15(26)11-27-25(21)33-23(19)22(29-24(20)31)14-10-28-30(2)12-14/h7,10-13,16-18,20H,3-6,8-9H2,1-2H3/t13-,16-,17?,18?,20?/m0/s1. The number of carbonyl (C=O) groups is 1. The van der Waals surface area contributed by atoms with E-state index in [4.69, 9.17) is 9.15 Å². The van der Waals surface area contributed by atoms with Gasteiger partial charge in [-0.2, -0.15) is 5.10 Å². The van der Waals surface area contributed by atoms with Crippen LogP contribution in [0.25, 0.3) is 11.1 Å². The molecule has 0 spiro atoms. The summed E-state index contributed by atoms with van der Waals surface area (Å²) in [6.45, 7) is 3.02. The van der Waals surface area contributed by atoms with Gasteiger partial charge in [-0.1, -0.05) is 6.92 Å². The van der Waals surface area contributed by atoms with Crippen molar-refractivity contribution < 1.29 is 13.9 Å². The van der Waals surface area contributed by atoms with E-state index in [1.54, 1.807) is 17.1 Å². The molecule has 6 rings (SSSR count). The molecule has 3 aromatic heterocycles. The molecule has 0 N–H and O–H groups in total. The topological polar surface area (TPSA) is 82.5 Å². The van der Waals surface area contributed by atoms with Gasteiger partial charge in [-0.25, -0.2) is 9.98 Å². The Hall–Kier alpha value is -2.32. The lowest BCUT2D eigenvalue weighted by Gasteiger charge is -2.49. The first-order valence-electron chi connectivity index (χ1n) is 11.8. The summed E-state index contributed by atoms with van der Waals surface area (Å²) in [6, 6.07) is 2.07. The Morgan fingerprint density at radius 2 is 2.12 bits per heavy atom. The first kappa shape index (κ1) is 21.2. The molecule has 5 atom stereocenters. The Bertz CT molecular complexity index is 1260. The molecule has 3 aromatic rings. The van der Waals surface area contributed by atoms with E-state index in [1.165, 1.54) is 0 Å². The molecule has 5 heterocycles. The van der Waals surface area contributed by atoms with Crippen molar-refractivity contribution in [3.8, 4) is 0 Å². The lowest BCUT2D eigenvalue weighted by atomic mass is 9.56. The van der Waals surface area contributed by atoms with Crippen molar-refractivity contribution in [3.63, 3.8) is 0 Å². The molecule has 3 aliphatic rings. The molecule has 1 aliphatic carbocycles. The minimum absolute atomic E-state index is 0.0329. The third-order valence-corrected chi connectivity index (χ3v) is 8.28. The summed E-state index contributed by atoms with van der Waals surface area (Å²) >= 11 is 3.57. The number of nitrogens with zero attached hydrogens (tertiary/aromatic N) is 4. The van der Waals surface area contributed by atoms with E-state index in [9.17, 15) is 4.79 Å². The summed E-state index contributed by atoms with van der Waals surface area (Å²) in [4.78, 5) is 22.5. The Labute approximate surface area is 200 Å². The van der Waals surface area contributed by atoms with Crippen molar-refractivity contribution in [2.45, 2.75) is 45.1 Å². The number of hydrogen-bond donors (Lipinski definition) is 0. The van der Waals surface area contributed by atoms with E-state index < -0.39 is 0 Å². The highest BCUT2D eigenvalue weighted by molar-refractivity contribution is 9.10. The minimum Gasteiger partial charge on any atom is -0.436 e. The second-order valence-electron chi connectivity index (χ2n) is 9.68. The minimum atomic E-state index is -0.0391.